The molecule has 1 aliphatic rings. The van der Waals surface area contributed by atoms with Crippen LogP contribution >= 0.6 is 15.9 Å². The van der Waals surface area contributed by atoms with Crippen molar-refractivity contribution in [3.63, 3.8) is 0 Å². The topological polar surface area (TPSA) is 95.6 Å². The van der Waals surface area contributed by atoms with Gasteiger partial charge in [0.25, 0.3) is 5.91 Å². The number of aryl methyl sites for hydroxylation is 2. The normalized spacial score (nSPS) is 12.5. The molecule has 11 heteroatoms. The number of fused-ring (bicyclic) bond motifs is 2. The van der Waals surface area contributed by atoms with E-state index in [2.05, 4.69) is 42.7 Å². The lowest BCUT2D eigenvalue weighted by Gasteiger charge is -2.09. The highest BCUT2D eigenvalue weighted by Crippen LogP contribution is 2.35. The van der Waals surface area contributed by atoms with Crippen LogP contribution in [0, 0.1) is 11.3 Å². The second-order valence-corrected chi connectivity index (χ2v) is 8.96. The average Bonchev–Trinajstić information content (AvgIpc) is 3.11. The van der Waals surface area contributed by atoms with Crippen molar-refractivity contribution in [3.05, 3.63) is 87.5 Å². The summed E-state index contributed by atoms with van der Waals surface area (Å²) in [5, 5.41) is 20.2. The number of benzene rings is 2. The monoisotopic (exact) mass is 552 g/mol. The van der Waals surface area contributed by atoms with Crippen LogP contribution in [-0.4, -0.2) is 20.7 Å². The van der Waals surface area contributed by atoms with Crippen LogP contribution in [0.1, 0.15) is 27.0 Å². The van der Waals surface area contributed by atoms with Gasteiger partial charge in [-0.15, -0.1) is 0 Å². The van der Waals surface area contributed by atoms with E-state index < -0.39 is 17.6 Å². The van der Waals surface area contributed by atoms with Crippen LogP contribution in [0.5, 0.6) is 0 Å². The van der Waals surface area contributed by atoms with E-state index >= 15 is 0 Å². The molecule has 2 aromatic carbocycles. The highest BCUT2D eigenvalue weighted by atomic mass is 79.9. The van der Waals surface area contributed by atoms with Gasteiger partial charge < -0.3 is 10.6 Å². The molecular weight excluding hydrogens is 537 g/mol. The number of rotatable bonds is 3. The third kappa shape index (κ3) is 4.55. The molecule has 7 nitrogen and oxygen atoms in total. The van der Waals surface area contributed by atoms with Crippen LogP contribution in [0.15, 0.2) is 65.3 Å². The number of amides is 1. The number of carbonyl (C=O) groups is 1. The van der Waals surface area contributed by atoms with Crippen LogP contribution < -0.4 is 10.6 Å². The van der Waals surface area contributed by atoms with Crippen molar-refractivity contribution in [1.82, 2.24) is 14.8 Å². The Morgan fingerprint density at radius 2 is 1.92 bits per heavy atom. The van der Waals surface area contributed by atoms with Gasteiger partial charge in [-0.3, -0.25) is 4.79 Å². The number of pyridine rings is 1. The highest BCUT2D eigenvalue weighted by Gasteiger charge is 2.31. The fourth-order valence-corrected chi connectivity index (χ4v) is 4.36. The highest BCUT2D eigenvalue weighted by molar-refractivity contribution is 9.10. The summed E-state index contributed by atoms with van der Waals surface area (Å²) < 4.78 is 41.5. The smallest absolute Gasteiger partial charge is 0.339 e. The zero-order valence-corrected chi connectivity index (χ0v) is 20.0. The SMILES string of the molecule is N#Cc1c(-c2ccc(C(=O)Nc3cc(C(F)(F)F)ccn3)cc2)nn2c1Nc1ccc(Br)cc1CC2. The van der Waals surface area contributed by atoms with Crippen molar-refractivity contribution < 1.29 is 18.0 Å². The van der Waals surface area contributed by atoms with E-state index in [1.54, 1.807) is 16.8 Å². The minimum atomic E-state index is -4.54. The van der Waals surface area contributed by atoms with Crippen LogP contribution in [0.2, 0.25) is 0 Å². The first-order chi connectivity index (χ1) is 17.2. The Morgan fingerprint density at radius 3 is 2.64 bits per heavy atom. The predicted molar refractivity (Wildman–Crippen MR) is 131 cm³/mol. The lowest BCUT2D eigenvalue weighted by Crippen LogP contribution is -2.14. The molecule has 36 heavy (non-hydrogen) atoms. The van der Waals surface area contributed by atoms with Gasteiger partial charge in [0.1, 0.15) is 29.0 Å². The summed E-state index contributed by atoms with van der Waals surface area (Å²) in [7, 11) is 0. The zero-order chi connectivity index (χ0) is 25.4. The lowest BCUT2D eigenvalue weighted by atomic mass is 10.1. The van der Waals surface area contributed by atoms with Gasteiger partial charge in [-0.2, -0.15) is 23.5 Å². The Bertz CT molecular complexity index is 1520. The molecule has 0 fully saturated rings. The minimum Gasteiger partial charge on any atom is -0.339 e. The average molecular weight is 553 g/mol. The zero-order valence-electron chi connectivity index (χ0n) is 18.4. The molecule has 1 aliphatic heterocycles. The lowest BCUT2D eigenvalue weighted by molar-refractivity contribution is -0.137. The molecule has 1 amide bonds. The Hall–Kier alpha value is -4.17. The summed E-state index contributed by atoms with van der Waals surface area (Å²) >= 11 is 3.48. The summed E-state index contributed by atoms with van der Waals surface area (Å²) in [4.78, 5) is 16.3. The molecule has 3 heterocycles. The van der Waals surface area contributed by atoms with E-state index in [4.69, 9.17) is 0 Å². The maximum absolute atomic E-state index is 12.9. The van der Waals surface area contributed by atoms with E-state index in [0.717, 1.165) is 40.5 Å². The summed E-state index contributed by atoms with van der Waals surface area (Å²) in [6.07, 6.45) is -2.83. The van der Waals surface area contributed by atoms with Gasteiger partial charge in [0, 0.05) is 34.0 Å². The molecule has 0 unspecified atom stereocenters. The van der Waals surface area contributed by atoms with Gasteiger partial charge in [0.2, 0.25) is 0 Å². The molecule has 0 saturated heterocycles. The second kappa shape index (κ2) is 9.13. The largest absolute Gasteiger partial charge is 0.416 e. The molecule has 0 saturated carbocycles. The third-order valence-corrected chi connectivity index (χ3v) is 6.22. The second-order valence-electron chi connectivity index (χ2n) is 8.04. The fraction of sp³-hybridized carbons (Fsp3) is 0.120. The van der Waals surface area contributed by atoms with Gasteiger partial charge in [0.05, 0.1) is 5.56 Å². The molecule has 0 radical (unpaired) electrons. The summed E-state index contributed by atoms with van der Waals surface area (Å²) in [5.74, 6) is -0.230. The van der Waals surface area contributed by atoms with Gasteiger partial charge in [-0.05, 0) is 54.4 Å². The predicted octanol–water partition coefficient (Wildman–Crippen LogP) is 6.15. The number of anilines is 3. The first-order valence-electron chi connectivity index (χ1n) is 10.7. The summed E-state index contributed by atoms with van der Waals surface area (Å²) in [6, 6.07) is 16.0. The van der Waals surface area contributed by atoms with E-state index in [1.165, 1.54) is 12.1 Å². The molecule has 0 atom stereocenters. The number of nitrogens with zero attached hydrogens (tertiary/aromatic N) is 4. The molecule has 0 bridgehead atoms. The number of aromatic nitrogens is 3. The molecule has 180 valence electrons. The number of nitrogens with one attached hydrogen (secondary N) is 2. The first kappa shape index (κ1) is 23.6. The van der Waals surface area contributed by atoms with Crippen molar-refractivity contribution in [1.29, 1.82) is 5.26 Å². The first-order valence-corrected chi connectivity index (χ1v) is 11.5. The van der Waals surface area contributed by atoms with Gasteiger partial charge >= 0.3 is 6.18 Å². The molecule has 2 N–H and O–H groups in total. The number of carbonyl (C=O) groups excluding carboxylic acids is 1. The quantitative estimate of drug-likeness (QED) is 0.318. The van der Waals surface area contributed by atoms with Crippen LogP contribution in [0.25, 0.3) is 11.3 Å². The number of hydrogen-bond acceptors (Lipinski definition) is 5. The van der Waals surface area contributed by atoms with Crippen LogP contribution in [0.3, 0.4) is 0 Å². The van der Waals surface area contributed by atoms with Crippen LogP contribution in [0.4, 0.5) is 30.5 Å². The van der Waals surface area contributed by atoms with Gasteiger partial charge in [-0.1, -0.05) is 28.1 Å². The minimum absolute atomic E-state index is 0.207. The van der Waals surface area contributed by atoms with E-state index in [1.807, 2.05) is 18.2 Å². The van der Waals surface area contributed by atoms with E-state index in [0.29, 0.717) is 29.2 Å². The maximum Gasteiger partial charge on any atom is 0.416 e. The molecule has 4 aromatic rings. The van der Waals surface area contributed by atoms with Crippen molar-refractivity contribution >= 4 is 39.2 Å². The molecular formula is C25H16BrF3N6O. The Kier molecular flexibility index (Phi) is 5.97. The number of hydrogen-bond donors (Lipinski definition) is 2. The molecule has 5 rings (SSSR count). The fourth-order valence-electron chi connectivity index (χ4n) is 3.95. The molecule has 2 aromatic heterocycles. The summed E-state index contributed by atoms with van der Waals surface area (Å²) in [6.45, 7) is 0.574. The van der Waals surface area contributed by atoms with Crippen LogP contribution in [-0.2, 0) is 19.1 Å². The number of halogens is 4. The van der Waals surface area contributed by atoms with Crippen molar-refractivity contribution in [3.8, 4) is 17.3 Å². The third-order valence-electron chi connectivity index (χ3n) is 5.73. The molecule has 0 aliphatic carbocycles. The van der Waals surface area contributed by atoms with Crippen molar-refractivity contribution in [2.75, 3.05) is 10.6 Å². The Labute approximate surface area is 211 Å². The summed E-state index contributed by atoms with van der Waals surface area (Å²) in [5.41, 5.74) is 2.77. The standard InChI is InChI=1S/C25H16BrF3N6O/c26-18-5-6-20-16(11-18)8-10-35-23(32-20)19(13-30)22(34-35)14-1-3-15(4-2-14)24(36)33-21-12-17(7-9-31-21)25(27,28)29/h1-7,9,11-12,32H,8,10H2,(H,31,33,36). The maximum atomic E-state index is 12.9. The Balaban J connectivity index is 1.39. The van der Waals surface area contributed by atoms with Crippen molar-refractivity contribution in [2.24, 2.45) is 0 Å². The van der Waals surface area contributed by atoms with Gasteiger partial charge in [-0.25, -0.2) is 9.67 Å². The number of alkyl halides is 3. The van der Waals surface area contributed by atoms with E-state index in [-0.39, 0.29) is 11.4 Å². The van der Waals surface area contributed by atoms with Gasteiger partial charge in [0.15, 0.2) is 0 Å². The Morgan fingerprint density at radius 1 is 1.14 bits per heavy atom. The van der Waals surface area contributed by atoms with E-state index in [9.17, 15) is 23.2 Å². The van der Waals surface area contributed by atoms with Crippen molar-refractivity contribution in [2.45, 2.75) is 19.1 Å². The molecule has 0 spiro atoms. The number of nitriles is 1.